The van der Waals surface area contributed by atoms with Gasteiger partial charge in [-0.2, -0.15) is 11.8 Å². The first-order chi connectivity index (χ1) is 14.9. The Balaban J connectivity index is 1.98. The Morgan fingerprint density at radius 1 is 1.13 bits per heavy atom. The second-order valence-electron chi connectivity index (χ2n) is 6.55. The largest absolute Gasteiger partial charge is 0.496 e. The van der Waals surface area contributed by atoms with E-state index in [1.807, 2.05) is 0 Å². The first kappa shape index (κ1) is 22.8. The van der Waals surface area contributed by atoms with Gasteiger partial charge < -0.3 is 15.0 Å². The molecule has 162 valence electrons. The summed E-state index contributed by atoms with van der Waals surface area (Å²) in [6, 6.07) is 12.3. The van der Waals surface area contributed by atoms with E-state index in [2.05, 4.69) is 21.2 Å². The third kappa shape index (κ3) is 5.45. The van der Waals surface area contributed by atoms with Crippen molar-refractivity contribution in [3.05, 3.63) is 75.5 Å². The maximum absolute atomic E-state index is 13.3. The fourth-order valence-electron chi connectivity index (χ4n) is 3.01. The van der Waals surface area contributed by atoms with E-state index in [1.165, 1.54) is 31.4 Å². The van der Waals surface area contributed by atoms with E-state index in [0.29, 0.717) is 28.9 Å². The number of nitrogens with zero attached hydrogens (tertiary/aromatic N) is 2. The Bertz CT molecular complexity index is 1020. The number of non-ortho nitro benzene ring substituents is 1. The van der Waals surface area contributed by atoms with E-state index in [1.54, 1.807) is 40.9 Å². The molecular weight excluding hydrogens is 486 g/mol. The Labute approximate surface area is 191 Å². The zero-order valence-electron chi connectivity index (χ0n) is 16.7. The van der Waals surface area contributed by atoms with Crippen molar-refractivity contribution in [1.82, 2.24) is 10.2 Å². The molecule has 2 aromatic carbocycles. The molecule has 0 radical (unpaired) electrons. The zero-order chi connectivity index (χ0) is 22.4. The van der Waals surface area contributed by atoms with Crippen LogP contribution >= 0.6 is 27.7 Å². The van der Waals surface area contributed by atoms with Gasteiger partial charge in [-0.3, -0.25) is 19.7 Å². The molecule has 10 heteroatoms. The van der Waals surface area contributed by atoms with Crippen LogP contribution in [-0.2, 0) is 4.79 Å². The number of nitrogens with one attached hydrogen (secondary N) is 1. The van der Waals surface area contributed by atoms with Gasteiger partial charge >= 0.3 is 0 Å². The Hall–Kier alpha value is -2.85. The number of nitro groups is 1. The van der Waals surface area contributed by atoms with Crippen LogP contribution in [0.25, 0.3) is 4.48 Å². The van der Waals surface area contributed by atoms with E-state index in [4.69, 9.17) is 4.74 Å². The smallest absolute Gasteiger partial charge is 0.271 e. The van der Waals surface area contributed by atoms with Gasteiger partial charge in [-0.05, 0) is 34.1 Å². The van der Waals surface area contributed by atoms with Crippen molar-refractivity contribution in [2.24, 2.45) is 0 Å². The van der Waals surface area contributed by atoms with Crippen molar-refractivity contribution in [2.45, 2.75) is 0 Å². The summed E-state index contributed by atoms with van der Waals surface area (Å²) in [6.07, 6.45) is 0. The van der Waals surface area contributed by atoms with Crippen molar-refractivity contribution < 1.29 is 19.2 Å². The summed E-state index contributed by atoms with van der Waals surface area (Å²) >= 11 is 5.25. The molecule has 0 bridgehead atoms. The molecular formula is C21H20BrN3O5S. The van der Waals surface area contributed by atoms with Gasteiger partial charge in [-0.1, -0.05) is 18.2 Å². The summed E-state index contributed by atoms with van der Waals surface area (Å²) in [5, 5.41) is 13.6. The molecule has 0 saturated carbocycles. The molecule has 0 aromatic heterocycles. The third-order valence-electron chi connectivity index (χ3n) is 4.65. The highest BCUT2D eigenvalue weighted by Crippen LogP contribution is 2.33. The van der Waals surface area contributed by atoms with Gasteiger partial charge in [-0.25, -0.2) is 0 Å². The number of carbonyl (C=O) groups is 2. The number of thioether (sulfide) groups is 1. The number of carbonyl (C=O) groups excluding carboxylic acids is 2. The number of amides is 2. The van der Waals surface area contributed by atoms with Crippen LogP contribution in [0.3, 0.4) is 0 Å². The van der Waals surface area contributed by atoms with Gasteiger partial charge in [0, 0.05) is 47.9 Å². The molecule has 0 atom stereocenters. The first-order valence-electron chi connectivity index (χ1n) is 9.38. The number of rotatable bonds is 6. The standard InChI is InChI=1S/C21H20BrN3O5S/c1-30-17-5-3-2-4-16(17)18(22)19(21(27)24-10-12-31-13-11-24)23-20(26)14-6-8-15(9-7-14)25(28)29/h2-9H,10-13H2,1H3,(H,23,26). The van der Waals surface area contributed by atoms with Gasteiger partial charge in [0.1, 0.15) is 11.4 Å². The molecule has 1 aliphatic rings. The summed E-state index contributed by atoms with van der Waals surface area (Å²) in [5.41, 5.74) is 0.776. The van der Waals surface area contributed by atoms with E-state index in [9.17, 15) is 19.7 Å². The predicted molar refractivity (Wildman–Crippen MR) is 123 cm³/mol. The second-order valence-corrected chi connectivity index (χ2v) is 8.57. The van der Waals surface area contributed by atoms with Crippen molar-refractivity contribution in [2.75, 3.05) is 31.7 Å². The van der Waals surface area contributed by atoms with Crippen LogP contribution in [0.5, 0.6) is 5.75 Å². The molecule has 2 aromatic rings. The quantitative estimate of drug-likeness (QED) is 0.365. The van der Waals surface area contributed by atoms with Crippen LogP contribution in [0.2, 0.25) is 0 Å². The van der Waals surface area contributed by atoms with Gasteiger partial charge in [0.05, 0.1) is 16.5 Å². The summed E-state index contributed by atoms with van der Waals surface area (Å²) in [7, 11) is 1.53. The molecule has 1 fully saturated rings. The molecule has 3 rings (SSSR count). The Morgan fingerprint density at radius 2 is 1.77 bits per heavy atom. The van der Waals surface area contributed by atoms with Crippen LogP contribution in [0.1, 0.15) is 15.9 Å². The zero-order valence-corrected chi connectivity index (χ0v) is 19.1. The summed E-state index contributed by atoms with van der Waals surface area (Å²) < 4.78 is 5.79. The van der Waals surface area contributed by atoms with Gasteiger partial charge in [-0.15, -0.1) is 0 Å². The second kappa shape index (κ2) is 10.5. The lowest BCUT2D eigenvalue weighted by molar-refractivity contribution is -0.384. The highest BCUT2D eigenvalue weighted by Gasteiger charge is 2.26. The topological polar surface area (TPSA) is 102 Å². The van der Waals surface area contributed by atoms with E-state index >= 15 is 0 Å². The highest BCUT2D eigenvalue weighted by atomic mass is 79.9. The number of ether oxygens (including phenoxy) is 1. The monoisotopic (exact) mass is 505 g/mol. The lowest BCUT2D eigenvalue weighted by atomic mass is 10.1. The van der Waals surface area contributed by atoms with E-state index in [0.717, 1.165) is 11.5 Å². The van der Waals surface area contributed by atoms with Crippen LogP contribution < -0.4 is 10.1 Å². The number of hydrogen-bond acceptors (Lipinski definition) is 6. The average Bonchev–Trinajstić information content (AvgIpc) is 2.82. The first-order valence-corrected chi connectivity index (χ1v) is 11.3. The van der Waals surface area contributed by atoms with Gasteiger partial charge in [0.2, 0.25) is 0 Å². The minimum Gasteiger partial charge on any atom is -0.496 e. The van der Waals surface area contributed by atoms with Gasteiger partial charge in [0.25, 0.3) is 17.5 Å². The van der Waals surface area contributed by atoms with Gasteiger partial charge in [0.15, 0.2) is 0 Å². The predicted octanol–water partition coefficient (Wildman–Crippen LogP) is 3.67. The maximum atomic E-state index is 13.3. The fourth-order valence-corrected chi connectivity index (χ4v) is 4.51. The van der Waals surface area contributed by atoms with Crippen molar-refractivity contribution in [3.63, 3.8) is 0 Å². The SMILES string of the molecule is COc1ccccc1C(Br)=C(NC(=O)c1ccc([N+](=O)[O-])cc1)C(=O)N1CCSCC1. The van der Waals surface area contributed by atoms with Crippen LogP contribution in [-0.4, -0.2) is 53.3 Å². The molecule has 0 unspecified atom stereocenters. The highest BCUT2D eigenvalue weighted by molar-refractivity contribution is 9.15. The average molecular weight is 506 g/mol. The Morgan fingerprint density at radius 3 is 2.39 bits per heavy atom. The summed E-state index contributed by atoms with van der Waals surface area (Å²) in [5.74, 6) is 1.33. The Kier molecular flexibility index (Phi) is 7.69. The number of hydrogen-bond donors (Lipinski definition) is 1. The lowest BCUT2D eigenvalue weighted by Crippen LogP contribution is -2.43. The molecule has 1 saturated heterocycles. The van der Waals surface area contributed by atoms with Crippen molar-refractivity contribution in [1.29, 1.82) is 0 Å². The minimum atomic E-state index is -0.545. The normalized spacial score (nSPS) is 14.5. The molecule has 0 aliphatic carbocycles. The van der Waals surface area contributed by atoms with E-state index < -0.39 is 10.8 Å². The molecule has 31 heavy (non-hydrogen) atoms. The van der Waals surface area contributed by atoms with Crippen molar-refractivity contribution in [3.8, 4) is 5.75 Å². The maximum Gasteiger partial charge on any atom is 0.271 e. The molecule has 0 spiro atoms. The van der Waals surface area contributed by atoms with Crippen LogP contribution in [0.15, 0.2) is 54.2 Å². The fraction of sp³-hybridized carbons (Fsp3) is 0.238. The molecule has 1 N–H and O–H groups in total. The third-order valence-corrected chi connectivity index (χ3v) is 6.42. The number of para-hydroxylation sites is 1. The molecule has 8 nitrogen and oxygen atoms in total. The van der Waals surface area contributed by atoms with Crippen LogP contribution in [0.4, 0.5) is 5.69 Å². The van der Waals surface area contributed by atoms with Crippen molar-refractivity contribution >= 4 is 49.7 Å². The molecule has 1 aliphatic heterocycles. The molecule has 1 heterocycles. The minimum absolute atomic E-state index is 0.0831. The number of halogens is 1. The molecule has 2 amide bonds. The summed E-state index contributed by atoms with van der Waals surface area (Å²) in [6.45, 7) is 1.15. The van der Waals surface area contributed by atoms with E-state index in [-0.39, 0.29) is 22.9 Å². The number of methoxy groups -OCH3 is 1. The number of benzene rings is 2. The summed E-state index contributed by atoms with van der Waals surface area (Å²) in [4.78, 5) is 38.2. The van der Waals surface area contributed by atoms with Crippen LogP contribution in [0, 0.1) is 10.1 Å². The lowest BCUT2D eigenvalue weighted by Gasteiger charge is -2.28. The number of nitro benzene ring substituents is 1.